The lowest BCUT2D eigenvalue weighted by molar-refractivity contribution is -0.385. The molecule has 1 amide bonds. The topological polar surface area (TPSA) is 85.2 Å². The summed E-state index contributed by atoms with van der Waals surface area (Å²) in [4.78, 5) is 27.1. The van der Waals surface area contributed by atoms with Gasteiger partial charge in [0, 0.05) is 44.0 Å². The Morgan fingerprint density at radius 3 is 2.13 bits per heavy atom. The highest BCUT2D eigenvalue weighted by Gasteiger charge is 2.32. The van der Waals surface area contributed by atoms with Gasteiger partial charge in [0.15, 0.2) is 5.75 Å². The van der Waals surface area contributed by atoms with Gasteiger partial charge in [0.25, 0.3) is 0 Å². The molecule has 8 heteroatoms. The second kappa shape index (κ2) is 9.10. The molecule has 2 fully saturated rings. The molecule has 1 aromatic rings. The van der Waals surface area contributed by atoms with Crippen LogP contribution in [0.25, 0.3) is 0 Å². The number of likely N-dealkylation sites (tertiary alicyclic amines) is 1. The van der Waals surface area contributed by atoms with Crippen molar-refractivity contribution in [3.8, 4) is 5.75 Å². The number of methoxy groups -OCH3 is 1. The van der Waals surface area contributed by atoms with Gasteiger partial charge in [-0.2, -0.15) is 0 Å². The number of nitrogens with zero attached hydrogens (tertiary/aromatic N) is 3. The molecule has 3 rings (SSSR count). The molecule has 0 aromatic heterocycles. The van der Waals surface area contributed by atoms with E-state index in [9.17, 15) is 14.9 Å². The first-order chi connectivity index (χ1) is 14.2. The van der Waals surface area contributed by atoms with Crippen molar-refractivity contribution in [2.45, 2.75) is 52.1 Å². The first-order valence-corrected chi connectivity index (χ1v) is 10.7. The number of carbonyl (C=O) groups is 1. The van der Waals surface area contributed by atoms with Crippen LogP contribution in [0.15, 0.2) is 18.2 Å². The van der Waals surface area contributed by atoms with Gasteiger partial charge in [-0.1, -0.05) is 0 Å². The van der Waals surface area contributed by atoms with Crippen molar-refractivity contribution in [2.75, 3.05) is 38.2 Å². The van der Waals surface area contributed by atoms with Crippen LogP contribution in [-0.2, 0) is 4.74 Å². The lowest BCUT2D eigenvalue weighted by Crippen LogP contribution is -2.44. The minimum Gasteiger partial charge on any atom is -0.490 e. The molecule has 166 valence electrons. The number of piperidine rings is 2. The van der Waals surface area contributed by atoms with Crippen molar-refractivity contribution in [1.29, 1.82) is 0 Å². The second-order valence-electron chi connectivity index (χ2n) is 9.24. The van der Waals surface area contributed by atoms with Gasteiger partial charge >= 0.3 is 11.8 Å². The molecule has 0 radical (unpaired) electrons. The number of amides is 1. The van der Waals surface area contributed by atoms with Crippen LogP contribution in [0.3, 0.4) is 0 Å². The molecule has 2 aliphatic heterocycles. The number of nitro groups is 1. The standard InChI is InChI=1S/C22H33N3O5/c1-22(2,3)30-21(26)24-13-9-17(10-14-24)16-7-11-23(12-8-16)18-5-6-19(25(27)28)20(15-18)29-4/h5-6,15-17H,7-14H2,1-4H3. The van der Waals surface area contributed by atoms with E-state index in [1.165, 1.54) is 13.2 Å². The Hall–Kier alpha value is -2.51. The molecular weight excluding hydrogens is 386 g/mol. The summed E-state index contributed by atoms with van der Waals surface area (Å²) in [6.07, 6.45) is 4.03. The second-order valence-corrected chi connectivity index (χ2v) is 9.24. The van der Waals surface area contributed by atoms with Crippen molar-refractivity contribution >= 4 is 17.5 Å². The van der Waals surface area contributed by atoms with Crippen molar-refractivity contribution in [1.82, 2.24) is 4.90 Å². The van der Waals surface area contributed by atoms with Crippen molar-refractivity contribution in [2.24, 2.45) is 11.8 Å². The van der Waals surface area contributed by atoms with E-state index in [4.69, 9.17) is 9.47 Å². The van der Waals surface area contributed by atoms with Crippen LogP contribution in [0.1, 0.15) is 46.5 Å². The van der Waals surface area contributed by atoms with Crippen molar-refractivity contribution in [3.63, 3.8) is 0 Å². The van der Waals surface area contributed by atoms with Crippen LogP contribution in [0.2, 0.25) is 0 Å². The predicted octanol–water partition coefficient (Wildman–Crippen LogP) is 4.47. The van der Waals surface area contributed by atoms with Crippen molar-refractivity contribution in [3.05, 3.63) is 28.3 Å². The monoisotopic (exact) mass is 419 g/mol. The molecule has 0 bridgehead atoms. The number of benzene rings is 1. The van der Waals surface area contributed by atoms with E-state index in [0.717, 1.165) is 57.5 Å². The van der Waals surface area contributed by atoms with E-state index in [-0.39, 0.29) is 11.8 Å². The molecule has 30 heavy (non-hydrogen) atoms. The van der Waals surface area contributed by atoms with E-state index >= 15 is 0 Å². The van der Waals surface area contributed by atoms with E-state index in [1.54, 1.807) is 12.1 Å². The predicted molar refractivity (Wildman–Crippen MR) is 115 cm³/mol. The van der Waals surface area contributed by atoms with E-state index in [2.05, 4.69) is 4.90 Å². The fourth-order valence-electron chi connectivity index (χ4n) is 4.52. The highest BCUT2D eigenvalue weighted by Crippen LogP contribution is 2.36. The highest BCUT2D eigenvalue weighted by atomic mass is 16.6. The molecule has 0 atom stereocenters. The van der Waals surface area contributed by atoms with Gasteiger partial charge in [0.1, 0.15) is 5.60 Å². The fourth-order valence-corrected chi connectivity index (χ4v) is 4.52. The Balaban J connectivity index is 1.51. The number of nitro benzene ring substituents is 1. The van der Waals surface area contributed by atoms with Crippen LogP contribution < -0.4 is 9.64 Å². The maximum Gasteiger partial charge on any atom is 0.410 e. The number of ether oxygens (including phenoxy) is 2. The molecule has 2 aliphatic rings. The number of hydrogen-bond acceptors (Lipinski definition) is 6. The lowest BCUT2D eigenvalue weighted by Gasteiger charge is -2.41. The Bertz CT molecular complexity index is 761. The number of carbonyl (C=O) groups excluding carboxylic acids is 1. The van der Waals surface area contributed by atoms with Gasteiger partial charge in [-0.25, -0.2) is 4.79 Å². The van der Waals surface area contributed by atoms with Gasteiger partial charge in [0.2, 0.25) is 0 Å². The lowest BCUT2D eigenvalue weighted by atomic mass is 9.79. The Kier molecular flexibility index (Phi) is 6.73. The third-order valence-electron chi connectivity index (χ3n) is 6.12. The minimum atomic E-state index is -0.457. The smallest absolute Gasteiger partial charge is 0.410 e. The summed E-state index contributed by atoms with van der Waals surface area (Å²) in [7, 11) is 1.46. The Morgan fingerprint density at radius 2 is 1.63 bits per heavy atom. The molecule has 8 nitrogen and oxygen atoms in total. The first-order valence-electron chi connectivity index (χ1n) is 10.7. The molecular formula is C22H33N3O5. The minimum absolute atomic E-state index is 0.00659. The SMILES string of the molecule is COc1cc(N2CCC(C3CCN(C(=O)OC(C)(C)C)CC3)CC2)ccc1[N+](=O)[O-]. The normalized spacial score (nSPS) is 18.9. The summed E-state index contributed by atoms with van der Waals surface area (Å²) in [5.74, 6) is 1.59. The third-order valence-corrected chi connectivity index (χ3v) is 6.12. The van der Waals surface area contributed by atoms with Crippen LogP contribution in [0, 0.1) is 22.0 Å². The fraction of sp³-hybridized carbons (Fsp3) is 0.682. The Morgan fingerprint density at radius 1 is 1.07 bits per heavy atom. The maximum atomic E-state index is 12.3. The molecule has 2 heterocycles. The summed E-state index contributed by atoms with van der Waals surface area (Å²) in [5.41, 5.74) is 0.505. The molecule has 0 unspecified atom stereocenters. The van der Waals surface area contributed by atoms with Crippen LogP contribution in [0.4, 0.5) is 16.2 Å². The van der Waals surface area contributed by atoms with E-state index < -0.39 is 10.5 Å². The van der Waals surface area contributed by atoms with Crippen molar-refractivity contribution < 1.29 is 19.2 Å². The molecule has 2 saturated heterocycles. The molecule has 0 N–H and O–H groups in total. The quantitative estimate of drug-likeness (QED) is 0.529. The summed E-state index contributed by atoms with van der Waals surface area (Å²) >= 11 is 0. The molecule has 1 aromatic carbocycles. The third kappa shape index (κ3) is 5.34. The number of anilines is 1. The van der Waals surface area contributed by atoms with Gasteiger partial charge in [-0.05, 0) is 64.4 Å². The zero-order chi connectivity index (χ0) is 21.9. The zero-order valence-electron chi connectivity index (χ0n) is 18.4. The average Bonchev–Trinajstić information content (AvgIpc) is 2.72. The van der Waals surface area contributed by atoms with Gasteiger partial charge in [-0.15, -0.1) is 0 Å². The molecule has 0 spiro atoms. The zero-order valence-corrected chi connectivity index (χ0v) is 18.4. The van der Waals surface area contributed by atoms with Gasteiger partial charge in [-0.3, -0.25) is 10.1 Å². The summed E-state index contributed by atoms with van der Waals surface area (Å²) in [6.45, 7) is 9.07. The maximum absolute atomic E-state index is 12.3. The average molecular weight is 420 g/mol. The number of hydrogen-bond donors (Lipinski definition) is 0. The largest absolute Gasteiger partial charge is 0.490 e. The summed E-state index contributed by atoms with van der Waals surface area (Å²) < 4.78 is 10.7. The van der Waals surface area contributed by atoms with Crippen LogP contribution >= 0.6 is 0 Å². The van der Waals surface area contributed by atoms with Crippen LogP contribution in [0.5, 0.6) is 5.75 Å². The van der Waals surface area contributed by atoms with Gasteiger partial charge in [0.05, 0.1) is 12.0 Å². The first kappa shape index (κ1) is 22.2. The Labute approximate surface area is 178 Å². The van der Waals surface area contributed by atoms with Gasteiger partial charge < -0.3 is 19.3 Å². The molecule has 0 aliphatic carbocycles. The van der Waals surface area contributed by atoms with Crippen LogP contribution in [-0.4, -0.2) is 54.8 Å². The van der Waals surface area contributed by atoms with E-state index in [1.807, 2.05) is 25.7 Å². The molecule has 0 saturated carbocycles. The summed E-state index contributed by atoms with van der Waals surface area (Å²) in [5, 5.41) is 11.1. The van der Waals surface area contributed by atoms with E-state index in [0.29, 0.717) is 17.6 Å². The highest BCUT2D eigenvalue weighted by molar-refractivity contribution is 5.68. The number of rotatable bonds is 4. The summed E-state index contributed by atoms with van der Waals surface area (Å²) in [6, 6.07) is 5.09.